The molecule has 0 fully saturated rings. The summed E-state index contributed by atoms with van der Waals surface area (Å²) >= 11 is 3.42. The largest absolute Gasteiger partial charge is 0.492 e. The number of ether oxygens (including phenoxy) is 1. The minimum Gasteiger partial charge on any atom is -0.492 e. The first kappa shape index (κ1) is 21.0. The van der Waals surface area contributed by atoms with Crippen molar-refractivity contribution >= 4 is 33.4 Å². The average Bonchev–Trinajstić information content (AvgIpc) is 2.63. The number of carbonyl (C=O) groups is 2. The quantitative estimate of drug-likeness (QED) is 0.631. The van der Waals surface area contributed by atoms with Crippen molar-refractivity contribution in [2.24, 2.45) is 0 Å². The highest BCUT2D eigenvalue weighted by Crippen LogP contribution is 2.24. The molecule has 0 radical (unpaired) electrons. The molecule has 2 aromatic carbocycles. The van der Waals surface area contributed by atoms with Crippen LogP contribution in [0.5, 0.6) is 5.75 Å². The molecule has 0 saturated carbocycles. The van der Waals surface area contributed by atoms with E-state index >= 15 is 0 Å². The van der Waals surface area contributed by atoms with Gasteiger partial charge in [-0.25, -0.2) is 0 Å². The van der Waals surface area contributed by atoms with E-state index in [1.165, 1.54) is 4.90 Å². The maximum absolute atomic E-state index is 12.2. The molecular formula is C21H25BrN2O3. The predicted octanol–water partition coefficient (Wildman–Crippen LogP) is 4.32. The van der Waals surface area contributed by atoms with Crippen molar-refractivity contribution in [3.05, 3.63) is 58.1 Å². The number of aryl methyl sites for hydroxylation is 1. The Labute approximate surface area is 168 Å². The summed E-state index contributed by atoms with van der Waals surface area (Å²) in [5, 5.41) is 2.87. The monoisotopic (exact) mass is 432 g/mol. The van der Waals surface area contributed by atoms with Gasteiger partial charge in [0, 0.05) is 19.2 Å². The molecule has 0 spiro atoms. The van der Waals surface area contributed by atoms with Crippen LogP contribution in [0.1, 0.15) is 24.0 Å². The van der Waals surface area contributed by atoms with Crippen LogP contribution >= 0.6 is 15.9 Å². The number of nitrogens with zero attached hydrogens (tertiary/aromatic N) is 1. The first-order valence-corrected chi connectivity index (χ1v) is 9.65. The zero-order chi connectivity index (χ0) is 19.8. The number of carbonyl (C=O) groups excluding carboxylic acids is 2. The number of hydrogen-bond acceptors (Lipinski definition) is 3. The topological polar surface area (TPSA) is 58.6 Å². The fourth-order valence-electron chi connectivity index (χ4n) is 2.54. The number of likely N-dealkylation sites (N-methyl/N-ethyl adjacent to an activating group) is 1. The third-order valence-electron chi connectivity index (χ3n) is 4.31. The van der Waals surface area contributed by atoms with Gasteiger partial charge in [0.1, 0.15) is 5.75 Å². The van der Waals surface area contributed by atoms with E-state index in [0.717, 1.165) is 27.0 Å². The number of amides is 2. The van der Waals surface area contributed by atoms with E-state index in [0.29, 0.717) is 19.4 Å². The summed E-state index contributed by atoms with van der Waals surface area (Å²) in [5.74, 6) is 0.470. The standard InChI is InChI=1S/C21H25BrN2O3/c1-15-8-6-10-18(16(15)2)23-20(25)14-24(3)21(26)12-7-13-27-19-11-5-4-9-17(19)22/h4-6,8-11H,7,12-14H2,1-3H3,(H,23,25). The fourth-order valence-corrected chi connectivity index (χ4v) is 2.94. The third kappa shape index (κ3) is 6.40. The van der Waals surface area contributed by atoms with Gasteiger partial charge in [-0.2, -0.15) is 0 Å². The van der Waals surface area contributed by atoms with Crippen LogP contribution in [0.25, 0.3) is 0 Å². The van der Waals surface area contributed by atoms with Gasteiger partial charge in [-0.15, -0.1) is 0 Å². The number of anilines is 1. The van der Waals surface area contributed by atoms with E-state index < -0.39 is 0 Å². The lowest BCUT2D eigenvalue weighted by atomic mass is 10.1. The number of rotatable bonds is 8. The molecule has 6 heteroatoms. The molecule has 0 unspecified atom stereocenters. The van der Waals surface area contributed by atoms with Crippen molar-refractivity contribution < 1.29 is 14.3 Å². The lowest BCUT2D eigenvalue weighted by Crippen LogP contribution is -2.35. The van der Waals surface area contributed by atoms with E-state index in [1.54, 1.807) is 7.05 Å². The zero-order valence-corrected chi connectivity index (χ0v) is 17.5. The molecule has 0 heterocycles. The molecule has 0 bridgehead atoms. The van der Waals surface area contributed by atoms with Crippen molar-refractivity contribution in [2.45, 2.75) is 26.7 Å². The molecule has 2 rings (SSSR count). The van der Waals surface area contributed by atoms with E-state index in [2.05, 4.69) is 21.2 Å². The summed E-state index contributed by atoms with van der Waals surface area (Å²) < 4.78 is 6.54. The number of halogens is 1. The van der Waals surface area contributed by atoms with E-state index in [1.807, 2.05) is 56.3 Å². The van der Waals surface area contributed by atoms with Gasteiger partial charge in [-0.1, -0.05) is 24.3 Å². The average molecular weight is 433 g/mol. The maximum Gasteiger partial charge on any atom is 0.243 e. The molecule has 0 aliphatic heterocycles. The molecule has 0 saturated heterocycles. The second kappa shape index (κ2) is 10.1. The van der Waals surface area contributed by atoms with Gasteiger partial charge in [-0.05, 0) is 65.5 Å². The smallest absolute Gasteiger partial charge is 0.243 e. The molecule has 2 amide bonds. The number of nitrogens with one attached hydrogen (secondary N) is 1. The maximum atomic E-state index is 12.2. The minimum absolute atomic E-state index is 0.0251. The van der Waals surface area contributed by atoms with E-state index in [9.17, 15) is 9.59 Å². The van der Waals surface area contributed by atoms with Crippen molar-refractivity contribution in [1.29, 1.82) is 0 Å². The van der Waals surface area contributed by atoms with Crippen LogP contribution in [0, 0.1) is 13.8 Å². The van der Waals surface area contributed by atoms with Crippen LogP contribution in [0.15, 0.2) is 46.9 Å². The van der Waals surface area contributed by atoms with Crippen molar-refractivity contribution in [1.82, 2.24) is 4.90 Å². The highest BCUT2D eigenvalue weighted by Gasteiger charge is 2.14. The third-order valence-corrected chi connectivity index (χ3v) is 4.97. The van der Waals surface area contributed by atoms with Crippen LogP contribution in [0.3, 0.4) is 0 Å². The highest BCUT2D eigenvalue weighted by molar-refractivity contribution is 9.10. The van der Waals surface area contributed by atoms with Gasteiger partial charge in [0.2, 0.25) is 11.8 Å². The SMILES string of the molecule is Cc1cccc(NC(=O)CN(C)C(=O)CCCOc2ccccc2Br)c1C. The summed E-state index contributed by atoms with van der Waals surface area (Å²) in [7, 11) is 1.64. The summed E-state index contributed by atoms with van der Waals surface area (Å²) in [6.45, 7) is 4.43. The Kier molecular flexibility index (Phi) is 7.85. The van der Waals surface area contributed by atoms with Crippen LogP contribution in [-0.2, 0) is 9.59 Å². The molecule has 0 atom stereocenters. The van der Waals surface area contributed by atoms with Gasteiger partial charge < -0.3 is 15.0 Å². The molecule has 1 N–H and O–H groups in total. The lowest BCUT2D eigenvalue weighted by Gasteiger charge is -2.18. The van der Waals surface area contributed by atoms with Crippen LogP contribution < -0.4 is 10.1 Å². The van der Waals surface area contributed by atoms with Gasteiger partial charge >= 0.3 is 0 Å². The van der Waals surface area contributed by atoms with Crippen molar-refractivity contribution in [3.8, 4) is 5.75 Å². The number of para-hydroxylation sites is 1. The summed E-state index contributed by atoms with van der Waals surface area (Å²) in [5.41, 5.74) is 2.93. The Hall–Kier alpha value is -2.34. The van der Waals surface area contributed by atoms with Gasteiger partial charge in [0.25, 0.3) is 0 Å². The Balaban J connectivity index is 1.74. The molecule has 5 nitrogen and oxygen atoms in total. The molecule has 0 aliphatic carbocycles. The number of hydrogen-bond donors (Lipinski definition) is 1. The molecule has 27 heavy (non-hydrogen) atoms. The van der Waals surface area contributed by atoms with E-state index in [4.69, 9.17) is 4.74 Å². The first-order chi connectivity index (χ1) is 12.9. The summed E-state index contributed by atoms with van der Waals surface area (Å²) in [4.78, 5) is 25.9. The van der Waals surface area contributed by atoms with Crippen LogP contribution in [-0.4, -0.2) is 36.9 Å². The van der Waals surface area contributed by atoms with Crippen molar-refractivity contribution in [2.75, 3.05) is 25.5 Å². The van der Waals surface area contributed by atoms with Gasteiger partial charge in [-0.3, -0.25) is 9.59 Å². The minimum atomic E-state index is -0.205. The van der Waals surface area contributed by atoms with Crippen LogP contribution in [0.4, 0.5) is 5.69 Å². The summed E-state index contributed by atoms with van der Waals surface area (Å²) in [6, 6.07) is 13.3. The fraction of sp³-hybridized carbons (Fsp3) is 0.333. The molecule has 2 aromatic rings. The molecule has 144 valence electrons. The van der Waals surface area contributed by atoms with E-state index in [-0.39, 0.29) is 18.4 Å². The Morgan fingerprint density at radius 2 is 1.85 bits per heavy atom. The normalized spacial score (nSPS) is 10.4. The first-order valence-electron chi connectivity index (χ1n) is 8.86. The Morgan fingerprint density at radius 1 is 1.11 bits per heavy atom. The molecule has 0 aromatic heterocycles. The zero-order valence-electron chi connectivity index (χ0n) is 15.9. The molecule has 0 aliphatic rings. The lowest BCUT2D eigenvalue weighted by molar-refractivity contribution is -0.133. The summed E-state index contributed by atoms with van der Waals surface area (Å²) in [6.07, 6.45) is 0.917. The molecular weight excluding hydrogens is 408 g/mol. The predicted molar refractivity (Wildman–Crippen MR) is 111 cm³/mol. The Morgan fingerprint density at radius 3 is 2.59 bits per heavy atom. The second-order valence-corrected chi connectivity index (χ2v) is 7.28. The second-order valence-electron chi connectivity index (χ2n) is 6.43. The van der Waals surface area contributed by atoms with Crippen molar-refractivity contribution in [3.63, 3.8) is 0 Å². The van der Waals surface area contributed by atoms with Crippen LogP contribution in [0.2, 0.25) is 0 Å². The Bertz CT molecular complexity index is 808. The number of benzene rings is 2. The van der Waals surface area contributed by atoms with Gasteiger partial charge in [0.15, 0.2) is 0 Å². The van der Waals surface area contributed by atoms with Gasteiger partial charge in [0.05, 0.1) is 17.6 Å². The highest BCUT2D eigenvalue weighted by atomic mass is 79.9.